The van der Waals surface area contributed by atoms with Gasteiger partial charge in [-0.05, 0) is 31.0 Å². The van der Waals surface area contributed by atoms with Crippen molar-refractivity contribution in [3.8, 4) is 0 Å². The minimum absolute atomic E-state index is 0.171. The van der Waals surface area contributed by atoms with Gasteiger partial charge in [-0.1, -0.05) is 13.0 Å². The summed E-state index contributed by atoms with van der Waals surface area (Å²) in [4.78, 5) is 25.2. The van der Waals surface area contributed by atoms with E-state index >= 15 is 0 Å². The molecule has 1 heterocycles. The van der Waals surface area contributed by atoms with Gasteiger partial charge in [0.25, 0.3) is 0 Å². The maximum absolute atomic E-state index is 13.9. The molecule has 5 heteroatoms. The zero-order valence-corrected chi connectivity index (χ0v) is 11.1. The van der Waals surface area contributed by atoms with E-state index in [1.807, 2.05) is 13.8 Å². The van der Waals surface area contributed by atoms with Gasteiger partial charge in [0.15, 0.2) is 0 Å². The summed E-state index contributed by atoms with van der Waals surface area (Å²) < 4.78 is 13.9. The fourth-order valence-corrected chi connectivity index (χ4v) is 2.19. The molecule has 1 aromatic rings. The molecule has 0 saturated carbocycles. The van der Waals surface area contributed by atoms with Crippen molar-refractivity contribution in [1.82, 2.24) is 5.32 Å². The van der Waals surface area contributed by atoms with Crippen LogP contribution in [-0.4, -0.2) is 24.4 Å². The van der Waals surface area contributed by atoms with Gasteiger partial charge in [0, 0.05) is 13.0 Å². The first kappa shape index (κ1) is 13.5. The molecule has 0 radical (unpaired) electrons. The van der Waals surface area contributed by atoms with E-state index in [-0.39, 0.29) is 30.5 Å². The molecule has 1 aliphatic rings. The summed E-state index contributed by atoms with van der Waals surface area (Å²) in [6.07, 6.45) is 0.685. The number of amides is 2. The van der Waals surface area contributed by atoms with Gasteiger partial charge in [-0.15, -0.1) is 0 Å². The highest BCUT2D eigenvalue weighted by Gasteiger charge is 2.30. The summed E-state index contributed by atoms with van der Waals surface area (Å²) >= 11 is 0. The molecule has 1 fully saturated rings. The van der Waals surface area contributed by atoms with E-state index in [4.69, 9.17) is 0 Å². The fraction of sp³-hybridized carbons (Fsp3) is 0.429. The van der Waals surface area contributed by atoms with Gasteiger partial charge in [-0.25, -0.2) is 4.39 Å². The number of halogens is 1. The molecule has 2 rings (SSSR count). The van der Waals surface area contributed by atoms with E-state index in [9.17, 15) is 14.0 Å². The zero-order valence-electron chi connectivity index (χ0n) is 11.1. The number of nitrogens with zero attached hydrogens (tertiary/aromatic N) is 1. The molecule has 102 valence electrons. The molecular formula is C14H17FN2O2. The Morgan fingerprint density at radius 2 is 2.16 bits per heavy atom. The number of anilines is 1. The monoisotopic (exact) mass is 264 g/mol. The van der Waals surface area contributed by atoms with Crippen molar-refractivity contribution in [3.05, 3.63) is 29.6 Å². The summed E-state index contributed by atoms with van der Waals surface area (Å²) in [6, 6.07) is 4.06. The molecule has 4 nitrogen and oxygen atoms in total. The molecule has 2 amide bonds. The van der Waals surface area contributed by atoms with Crippen LogP contribution >= 0.6 is 0 Å². The van der Waals surface area contributed by atoms with Crippen molar-refractivity contribution >= 4 is 17.5 Å². The lowest BCUT2D eigenvalue weighted by Gasteiger charge is -2.24. The van der Waals surface area contributed by atoms with E-state index in [1.54, 1.807) is 12.1 Å². The van der Waals surface area contributed by atoms with Crippen LogP contribution in [0.25, 0.3) is 0 Å². The maximum Gasteiger partial charge on any atom is 0.249 e. The van der Waals surface area contributed by atoms with Gasteiger partial charge in [0.05, 0.1) is 5.69 Å². The standard InChI is InChI=1S/C14H17FN2O2/c1-3-11-14(19)17(7-6-13(18)16-11)12-8-9(2)4-5-10(12)15/h4-5,8,11H,3,6-7H2,1-2H3,(H,16,18). The van der Waals surface area contributed by atoms with Gasteiger partial charge < -0.3 is 10.2 Å². The average Bonchev–Trinajstić information content (AvgIpc) is 2.52. The van der Waals surface area contributed by atoms with Crippen molar-refractivity contribution in [2.24, 2.45) is 0 Å². The smallest absolute Gasteiger partial charge is 0.249 e. The lowest BCUT2D eigenvalue weighted by atomic mass is 10.1. The van der Waals surface area contributed by atoms with Crippen LogP contribution in [0.1, 0.15) is 25.3 Å². The van der Waals surface area contributed by atoms with Crippen LogP contribution in [0.4, 0.5) is 10.1 Å². The SMILES string of the molecule is CCC1NC(=O)CCN(c2cc(C)ccc2F)C1=O. The molecule has 1 atom stereocenters. The molecule has 0 aromatic heterocycles. The highest BCUT2D eigenvalue weighted by Crippen LogP contribution is 2.23. The van der Waals surface area contributed by atoms with Gasteiger partial charge in [-0.3, -0.25) is 9.59 Å². The van der Waals surface area contributed by atoms with Crippen LogP contribution in [0, 0.1) is 12.7 Å². The summed E-state index contributed by atoms with van der Waals surface area (Å²) in [5.74, 6) is -0.864. The number of nitrogens with one attached hydrogen (secondary N) is 1. The quantitative estimate of drug-likeness (QED) is 0.885. The van der Waals surface area contributed by atoms with E-state index in [0.29, 0.717) is 6.42 Å². The van der Waals surface area contributed by atoms with Gasteiger partial charge >= 0.3 is 0 Å². The first-order valence-electron chi connectivity index (χ1n) is 6.39. The van der Waals surface area contributed by atoms with Crippen LogP contribution < -0.4 is 10.2 Å². The second-order valence-electron chi connectivity index (χ2n) is 4.72. The first-order valence-corrected chi connectivity index (χ1v) is 6.39. The minimum atomic E-state index is -0.574. The molecule has 1 saturated heterocycles. The highest BCUT2D eigenvalue weighted by atomic mass is 19.1. The number of carbonyl (C=O) groups excluding carboxylic acids is 2. The van der Waals surface area contributed by atoms with Gasteiger partial charge in [-0.2, -0.15) is 0 Å². The summed E-state index contributed by atoms with van der Waals surface area (Å²) in [6.45, 7) is 3.87. The normalized spacial score (nSPS) is 20.2. The largest absolute Gasteiger partial charge is 0.344 e. The fourth-order valence-electron chi connectivity index (χ4n) is 2.19. The van der Waals surface area contributed by atoms with Crippen LogP contribution in [0.5, 0.6) is 0 Å². The summed E-state index contributed by atoms with van der Waals surface area (Å²) in [5, 5.41) is 2.66. The Morgan fingerprint density at radius 1 is 1.42 bits per heavy atom. The number of aryl methyl sites for hydroxylation is 1. The lowest BCUT2D eigenvalue weighted by molar-refractivity contribution is -0.125. The number of carbonyl (C=O) groups is 2. The van der Waals surface area contributed by atoms with Crippen LogP contribution in [0.3, 0.4) is 0 Å². The second kappa shape index (κ2) is 5.38. The van der Waals surface area contributed by atoms with Crippen molar-refractivity contribution < 1.29 is 14.0 Å². The van der Waals surface area contributed by atoms with Gasteiger partial charge in [0.1, 0.15) is 11.9 Å². The third kappa shape index (κ3) is 2.75. The van der Waals surface area contributed by atoms with Crippen LogP contribution in [0.2, 0.25) is 0 Å². The third-order valence-electron chi connectivity index (χ3n) is 3.26. The topological polar surface area (TPSA) is 49.4 Å². The summed E-state index contributed by atoms with van der Waals surface area (Å²) in [5.41, 5.74) is 1.13. The van der Waals surface area contributed by atoms with Crippen molar-refractivity contribution in [3.63, 3.8) is 0 Å². The van der Waals surface area contributed by atoms with E-state index in [2.05, 4.69) is 5.32 Å². The Hall–Kier alpha value is -1.91. The molecule has 1 N–H and O–H groups in total. The molecule has 0 spiro atoms. The number of hydrogen-bond donors (Lipinski definition) is 1. The molecule has 0 aliphatic carbocycles. The zero-order chi connectivity index (χ0) is 14.0. The summed E-state index contributed by atoms with van der Waals surface area (Å²) in [7, 11) is 0. The first-order chi connectivity index (χ1) is 9.02. The maximum atomic E-state index is 13.9. The second-order valence-corrected chi connectivity index (χ2v) is 4.72. The Labute approximate surface area is 111 Å². The molecule has 1 aromatic carbocycles. The van der Waals surface area contributed by atoms with E-state index in [0.717, 1.165) is 5.56 Å². The number of benzene rings is 1. The highest BCUT2D eigenvalue weighted by molar-refractivity contribution is 6.01. The number of rotatable bonds is 2. The van der Waals surface area contributed by atoms with Gasteiger partial charge in [0.2, 0.25) is 11.8 Å². The molecule has 1 aliphatic heterocycles. The lowest BCUT2D eigenvalue weighted by Crippen LogP contribution is -2.44. The molecule has 0 bridgehead atoms. The number of hydrogen-bond acceptors (Lipinski definition) is 2. The molecule has 1 unspecified atom stereocenters. The average molecular weight is 264 g/mol. The molecular weight excluding hydrogens is 247 g/mol. The van der Waals surface area contributed by atoms with Crippen molar-refractivity contribution in [2.75, 3.05) is 11.4 Å². The van der Waals surface area contributed by atoms with Crippen molar-refractivity contribution in [2.45, 2.75) is 32.7 Å². The minimum Gasteiger partial charge on any atom is -0.344 e. The third-order valence-corrected chi connectivity index (χ3v) is 3.26. The Morgan fingerprint density at radius 3 is 2.84 bits per heavy atom. The Bertz CT molecular complexity index is 516. The van der Waals surface area contributed by atoms with E-state index < -0.39 is 11.9 Å². The van der Waals surface area contributed by atoms with Crippen LogP contribution in [-0.2, 0) is 9.59 Å². The van der Waals surface area contributed by atoms with Crippen molar-refractivity contribution in [1.29, 1.82) is 0 Å². The van der Waals surface area contributed by atoms with Crippen LogP contribution in [0.15, 0.2) is 18.2 Å². The van der Waals surface area contributed by atoms with E-state index in [1.165, 1.54) is 11.0 Å². The Kier molecular flexibility index (Phi) is 3.83. The molecule has 19 heavy (non-hydrogen) atoms. The predicted molar refractivity (Wildman–Crippen MR) is 70.3 cm³/mol. The predicted octanol–water partition coefficient (Wildman–Crippen LogP) is 1.77. The Balaban J connectivity index is 2.38.